The minimum Gasteiger partial charge on any atom is -0.454 e. The van der Waals surface area contributed by atoms with Gasteiger partial charge < -0.3 is 8.82 Å². The van der Waals surface area contributed by atoms with Gasteiger partial charge in [-0.05, 0) is 64.4 Å². The second-order valence-corrected chi connectivity index (χ2v) is 15.7. The lowest BCUT2D eigenvalue weighted by molar-refractivity contribution is 0.671. The maximum absolute atomic E-state index is 6.97. The highest BCUT2D eigenvalue weighted by atomic mass is 16.3. The van der Waals surface area contributed by atoms with Gasteiger partial charge in [0.05, 0.1) is 33.3 Å². The predicted molar refractivity (Wildman–Crippen MR) is 244 cm³/mol. The summed E-state index contributed by atoms with van der Waals surface area (Å²) in [6.07, 6.45) is 0. The fraction of sp³-hybridized carbons (Fsp3) is 0. The van der Waals surface area contributed by atoms with E-state index in [1.54, 1.807) is 0 Å². The van der Waals surface area contributed by atoms with E-state index in [4.69, 9.17) is 14.4 Å². The van der Waals surface area contributed by atoms with Crippen LogP contribution in [-0.2, 0) is 0 Å². The fourth-order valence-corrected chi connectivity index (χ4v) is 10.1. The van der Waals surface area contributed by atoms with E-state index in [9.17, 15) is 0 Å². The van der Waals surface area contributed by atoms with Crippen molar-refractivity contribution in [1.29, 1.82) is 0 Å². The van der Waals surface area contributed by atoms with Gasteiger partial charge >= 0.3 is 0 Å². The van der Waals surface area contributed by atoms with Crippen molar-refractivity contribution in [1.82, 2.24) is 18.9 Å². The average Bonchev–Trinajstić information content (AvgIpc) is 3.94. The third-order valence-electron chi connectivity index (χ3n) is 12.6. The third kappa shape index (κ3) is 4.08. The van der Waals surface area contributed by atoms with E-state index in [0.717, 1.165) is 93.3 Å². The molecule has 272 valence electrons. The smallest absolute Gasteiger partial charge is 0.235 e. The molecule has 0 aliphatic carbocycles. The molecule has 0 amide bonds. The second-order valence-electron chi connectivity index (χ2n) is 15.7. The minimum atomic E-state index is 0.599. The summed E-state index contributed by atoms with van der Waals surface area (Å²) in [6, 6.07) is 65.1. The van der Waals surface area contributed by atoms with Gasteiger partial charge in [0.25, 0.3) is 0 Å². The van der Waals surface area contributed by atoms with Crippen molar-refractivity contribution in [3.63, 3.8) is 0 Å². The Hall–Kier alpha value is -8.02. The first kappa shape index (κ1) is 31.1. The highest BCUT2D eigenvalue weighted by molar-refractivity contribution is 6.36. The van der Waals surface area contributed by atoms with Gasteiger partial charge in [-0.3, -0.25) is 4.57 Å². The van der Waals surface area contributed by atoms with Crippen molar-refractivity contribution in [2.24, 2.45) is 0 Å². The van der Waals surface area contributed by atoms with E-state index in [0.29, 0.717) is 5.95 Å². The number of rotatable bonds is 3. The zero-order chi connectivity index (χ0) is 38.3. The molecular formula is C54H30N4O. The predicted octanol–water partition coefficient (Wildman–Crippen LogP) is 14.3. The quantitative estimate of drug-likeness (QED) is 0.169. The van der Waals surface area contributed by atoms with Gasteiger partial charge in [-0.15, -0.1) is 0 Å². The van der Waals surface area contributed by atoms with Crippen LogP contribution in [-0.4, -0.2) is 18.9 Å². The Morgan fingerprint density at radius 3 is 1.98 bits per heavy atom. The summed E-state index contributed by atoms with van der Waals surface area (Å²) >= 11 is 0. The first-order chi connectivity index (χ1) is 29.3. The first-order valence-electron chi connectivity index (χ1n) is 20.1. The number of fused-ring (bicyclic) bond motifs is 12. The standard InChI is InChI=1S/C54H30N4O/c1-2-13-31(14-3-1)33-16-10-17-34(29-33)49-40-28-27-32-15-4-5-18-35(32)50(40)56-54(55-49)58-45-25-12-24-44-48(45)47-41(30-42-37-20-7-9-26-46(37)59-53(42)52(47)58)39-22-11-21-38-36-19-6-8-23-43(36)57(44)51(38)39/h1-30H. The molecule has 0 aliphatic rings. The number of hydrogen-bond donors (Lipinski definition) is 0. The largest absolute Gasteiger partial charge is 0.454 e. The van der Waals surface area contributed by atoms with Crippen LogP contribution in [0.1, 0.15) is 0 Å². The Bertz CT molecular complexity index is 4080. The van der Waals surface area contributed by atoms with Gasteiger partial charge in [0, 0.05) is 54.0 Å². The van der Waals surface area contributed by atoms with Crippen LogP contribution in [0.5, 0.6) is 0 Å². The molecule has 14 aromatic rings. The summed E-state index contributed by atoms with van der Waals surface area (Å²) in [5, 5.41) is 12.5. The van der Waals surface area contributed by atoms with E-state index >= 15 is 0 Å². The molecule has 0 aliphatic heterocycles. The number of nitrogens with zero attached hydrogens (tertiary/aromatic N) is 4. The van der Waals surface area contributed by atoms with E-state index < -0.39 is 0 Å². The van der Waals surface area contributed by atoms with E-state index in [-0.39, 0.29) is 0 Å². The van der Waals surface area contributed by atoms with Crippen LogP contribution < -0.4 is 0 Å². The molecule has 59 heavy (non-hydrogen) atoms. The Balaban J connectivity index is 1.22. The lowest BCUT2D eigenvalue weighted by Crippen LogP contribution is -2.04. The monoisotopic (exact) mass is 750 g/mol. The highest BCUT2D eigenvalue weighted by Gasteiger charge is 2.27. The van der Waals surface area contributed by atoms with Crippen LogP contribution in [0.25, 0.3) is 132 Å². The Morgan fingerprint density at radius 2 is 1.07 bits per heavy atom. The Morgan fingerprint density at radius 1 is 0.390 bits per heavy atom. The molecule has 0 radical (unpaired) electrons. The maximum atomic E-state index is 6.97. The highest BCUT2D eigenvalue weighted by Crippen LogP contribution is 2.48. The van der Waals surface area contributed by atoms with Gasteiger partial charge in [-0.1, -0.05) is 140 Å². The third-order valence-corrected chi connectivity index (χ3v) is 12.6. The number of furan rings is 1. The molecule has 0 bridgehead atoms. The summed E-state index contributed by atoms with van der Waals surface area (Å²) in [5.74, 6) is 0.599. The van der Waals surface area contributed by atoms with Crippen LogP contribution in [0.4, 0.5) is 0 Å². The molecule has 14 rings (SSSR count). The molecule has 0 spiro atoms. The van der Waals surface area contributed by atoms with Crippen molar-refractivity contribution in [2.75, 3.05) is 0 Å². The molecule has 0 saturated heterocycles. The summed E-state index contributed by atoms with van der Waals surface area (Å²) in [7, 11) is 0. The van der Waals surface area contributed by atoms with E-state index in [1.807, 2.05) is 6.07 Å². The van der Waals surface area contributed by atoms with Gasteiger partial charge in [0.2, 0.25) is 5.95 Å². The number of para-hydroxylation sites is 3. The van der Waals surface area contributed by atoms with Crippen LogP contribution in [0.15, 0.2) is 186 Å². The lowest BCUT2D eigenvalue weighted by Gasteiger charge is -2.14. The zero-order valence-electron chi connectivity index (χ0n) is 31.5. The van der Waals surface area contributed by atoms with E-state index in [2.05, 4.69) is 185 Å². The van der Waals surface area contributed by atoms with Crippen LogP contribution in [0.3, 0.4) is 0 Å². The summed E-state index contributed by atoms with van der Waals surface area (Å²) < 4.78 is 11.7. The number of benzene rings is 9. The van der Waals surface area contributed by atoms with E-state index in [1.165, 1.54) is 32.6 Å². The zero-order valence-corrected chi connectivity index (χ0v) is 31.5. The molecule has 5 aromatic heterocycles. The summed E-state index contributed by atoms with van der Waals surface area (Å²) in [4.78, 5) is 11.2. The van der Waals surface area contributed by atoms with Crippen molar-refractivity contribution >= 4 is 104 Å². The molecule has 9 aromatic carbocycles. The molecule has 0 fully saturated rings. The lowest BCUT2D eigenvalue weighted by atomic mass is 9.98. The van der Waals surface area contributed by atoms with Crippen LogP contribution >= 0.6 is 0 Å². The van der Waals surface area contributed by atoms with Gasteiger partial charge in [-0.2, -0.15) is 0 Å². The van der Waals surface area contributed by atoms with Crippen molar-refractivity contribution in [3.8, 4) is 28.3 Å². The molecule has 5 heterocycles. The molecule has 0 saturated carbocycles. The summed E-state index contributed by atoms with van der Waals surface area (Å²) in [6.45, 7) is 0. The van der Waals surface area contributed by atoms with Gasteiger partial charge in [-0.25, -0.2) is 9.97 Å². The SMILES string of the molecule is c1ccc(-c2cccc(-c3nc(-n4c5cccc6c5c5c(cc7c8ccccc8oc7c54)c4cccc5c7ccccc7n6c45)nc4c3ccc3ccccc34)c2)cc1. The molecule has 5 nitrogen and oxygen atoms in total. The average molecular weight is 751 g/mol. The van der Waals surface area contributed by atoms with Crippen molar-refractivity contribution in [2.45, 2.75) is 0 Å². The van der Waals surface area contributed by atoms with Gasteiger partial charge in [0.1, 0.15) is 11.1 Å². The fourth-order valence-electron chi connectivity index (χ4n) is 10.1. The first-order valence-corrected chi connectivity index (χ1v) is 20.1. The van der Waals surface area contributed by atoms with Crippen LogP contribution in [0, 0.1) is 0 Å². The molecule has 5 heteroatoms. The van der Waals surface area contributed by atoms with Crippen molar-refractivity contribution < 1.29 is 4.42 Å². The number of aromatic nitrogens is 4. The molecule has 0 unspecified atom stereocenters. The van der Waals surface area contributed by atoms with Crippen molar-refractivity contribution in [3.05, 3.63) is 182 Å². The second kappa shape index (κ2) is 11.3. The van der Waals surface area contributed by atoms with Crippen LogP contribution in [0.2, 0.25) is 0 Å². The molecule has 0 N–H and O–H groups in total. The minimum absolute atomic E-state index is 0.599. The maximum Gasteiger partial charge on any atom is 0.235 e. The molecule has 0 atom stereocenters. The molecular weight excluding hydrogens is 721 g/mol. The normalized spacial score (nSPS) is 12.4. The summed E-state index contributed by atoms with van der Waals surface area (Å²) in [5.41, 5.74) is 12.3. The van der Waals surface area contributed by atoms with Gasteiger partial charge in [0.15, 0.2) is 5.58 Å². The number of hydrogen-bond acceptors (Lipinski definition) is 3. The Kier molecular flexibility index (Phi) is 5.96. The Labute approximate surface area is 335 Å². The topological polar surface area (TPSA) is 48.3 Å².